The van der Waals surface area contributed by atoms with Crippen LogP contribution in [0.3, 0.4) is 0 Å². The van der Waals surface area contributed by atoms with Crippen LogP contribution in [-0.4, -0.2) is 5.24 Å². The van der Waals surface area contributed by atoms with Crippen molar-refractivity contribution in [2.75, 3.05) is 0 Å². The molecule has 2 aromatic rings. The predicted octanol–water partition coefficient (Wildman–Crippen LogP) is 3.87. The van der Waals surface area contributed by atoms with E-state index in [0.717, 1.165) is 11.6 Å². The van der Waals surface area contributed by atoms with Crippen LogP contribution in [0.25, 0.3) is 11.1 Å². The van der Waals surface area contributed by atoms with Crippen molar-refractivity contribution in [2.45, 2.75) is 0 Å². The van der Waals surface area contributed by atoms with Crippen LogP contribution >= 0.6 is 11.6 Å². The minimum atomic E-state index is -0.656. The maximum absolute atomic E-state index is 13.3. The third-order valence-electron chi connectivity index (χ3n) is 2.23. The van der Waals surface area contributed by atoms with E-state index in [0.29, 0.717) is 5.56 Å². The molecule has 0 aliphatic carbocycles. The fourth-order valence-electron chi connectivity index (χ4n) is 1.50. The van der Waals surface area contributed by atoms with Crippen molar-refractivity contribution in [1.82, 2.24) is 0 Å². The van der Waals surface area contributed by atoms with E-state index in [2.05, 4.69) is 0 Å². The highest BCUT2D eigenvalue weighted by Gasteiger charge is 2.07. The monoisotopic (exact) mass is 234 g/mol. The second-order valence-electron chi connectivity index (χ2n) is 3.37. The molecule has 80 valence electrons. The number of carbonyl (C=O) groups is 1. The molecule has 0 atom stereocenters. The van der Waals surface area contributed by atoms with Gasteiger partial charge in [0.2, 0.25) is 0 Å². The van der Waals surface area contributed by atoms with Crippen LogP contribution in [0.2, 0.25) is 0 Å². The topological polar surface area (TPSA) is 17.1 Å². The molecule has 0 heterocycles. The molecule has 1 nitrogen and oxygen atoms in total. The number of benzene rings is 2. The standard InChI is InChI=1S/C13H8ClFO/c14-13(16)11-6-10(7-12(15)8-11)9-4-2-1-3-5-9/h1-8H. The zero-order valence-electron chi connectivity index (χ0n) is 8.28. The van der Waals surface area contributed by atoms with Gasteiger partial charge < -0.3 is 0 Å². The van der Waals surface area contributed by atoms with Gasteiger partial charge in [-0.05, 0) is 40.9 Å². The summed E-state index contributed by atoms with van der Waals surface area (Å²) >= 11 is 5.33. The fourth-order valence-corrected chi connectivity index (χ4v) is 1.61. The second-order valence-corrected chi connectivity index (χ2v) is 3.71. The van der Waals surface area contributed by atoms with Crippen molar-refractivity contribution in [1.29, 1.82) is 0 Å². The fraction of sp³-hybridized carbons (Fsp3) is 0. The van der Waals surface area contributed by atoms with Gasteiger partial charge in [0.05, 0.1) is 0 Å². The molecule has 0 saturated heterocycles. The highest BCUT2D eigenvalue weighted by molar-refractivity contribution is 6.67. The number of hydrogen-bond acceptors (Lipinski definition) is 1. The molecule has 0 aromatic heterocycles. The van der Waals surface area contributed by atoms with Gasteiger partial charge in [-0.25, -0.2) is 4.39 Å². The Balaban J connectivity index is 2.54. The van der Waals surface area contributed by atoms with Gasteiger partial charge in [0.25, 0.3) is 5.24 Å². The zero-order valence-corrected chi connectivity index (χ0v) is 9.04. The van der Waals surface area contributed by atoms with Gasteiger partial charge >= 0.3 is 0 Å². The van der Waals surface area contributed by atoms with Crippen LogP contribution in [0.1, 0.15) is 10.4 Å². The highest BCUT2D eigenvalue weighted by Crippen LogP contribution is 2.22. The third-order valence-corrected chi connectivity index (χ3v) is 2.45. The minimum absolute atomic E-state index is 0.167. The van der Waals surface area contributed by atoms with Crippen molar-refractivity contribution in [3.05, 3.63) is 59.9 Å². The van der Waals surface area contributed by atoms with Crippen LogP contribution < -0.4 is 0 Å². The van der Waals surface area contributed by atoms with E-state index >= 15 is 0 Å². The highest BCUT2D eigenvalue weighted by atomic mass is 35.5. The molecule has 0 saturated carbocycles. The van der Waals surface area contributed by atoms with Gasteiger partial charge in [-0.15, -0.1) is 0 Å². The first kappa shape index (κ1) is 10.8. The molecule has 0 amide bonds. The summed E-state index contributed by atoms with van der Waals surface area (Å²) in [5.41, 5.74) is 1.66. The van der Waals surface area contributed by atoms with Crippen molar-refractivity contribution in [2.24, 2.45) is 0 Å². The zero-order chi connectivity index (χ0) is 11.5. The summed E-state index contributed by atoms with van der Waals surface area (Å²) in [6.45, 7) is 0. The molecule has 0 spiro atoms. The van der Waals surface area contributed by atoms with E-state index in [1.807, 2.05) is 30.3 Å². The van der Waals surface area contributed by atoms with E-state index in [-0.39, 0.29) is 5.56 Å². The summed E-state index contributed by atoms with van der Waals surface area (Å²) in [4.78, 5) is 11.0. The third kappa shape index (κ3) is 2.28. The van der Waals surface area contributed by atoms with Gasteiger partial charge in [-0.1, -0.05) is 30.3 Å². The molecular weight excluding hydrogens is 227 g/mol. The van der Waals surface area contributed by atoms with E-state index in [1.54, 1.807) is 6.07 Å². The molecule has 3 heteroatoms. The molecule has 0 aliphatic rings. The molecule has 2 aromatic carbocycles. The summed E-state index contributed by atoms with van der Waals surface area (Å²) < 4.78 is 13.3. The maximum Gasteiger partial charge on any atom is 0.252 e. The van der Waals surface area contributed by atoms with Crippen LogP contribution in [0.15, 0.2) is 48.5 Å². The van der Waals surface area contributed by atoms with E-state index in [1.165, 1.54) is 6.07 Å². The normalized spacial score (nSPS) is 10.1. The van der Waals surface area contributed by atoms with Crippen molar-refractivity contribution >= 4 is 16.8 Å². The molecule has 2 rings (SSSR count). The van der Waals surface area contributed by atoms with Crippen LogP contribution in [0, 0.1) is 5.82 Å². The number of rotatable bonds is 2. The predicted molar refractivity (Wildman–Crippen MR) is 62.0 cm³/mol. The van der Waals surface area contributed by atoms with Crippen molar-refractivity contribution in [3.8, 4) is 11.1 Å². The molecule has 0 bridgehead atoms. The van der Waals surface area contributed by atoms with Gasteiger partial charge in [-0.2, -0.15) is 0 Å². The summed E-state index contributed by atoms with van der Waals surface area (Å²) in [6, 6.07) is 13.3. The lowest BCUT2D eigenvalue weighted by Crippen LogP contribution is -1.91. The summed E-state index contributed by atoms with van der Waals surface area (Å²) in [5.74, 6) is -0.467. The first-order valence-electron chi connectivity index (χ1n) is 4.72. The molecule has 0 radical (unpaired) electrons. The average Bonchev–Trinajstić information content (AvgIpc) is 2.29. The SMILES string of the molecule is O=C(Cl)c1cc(F)cc(-c2ccccc2)c1. The van der Waals surface area contributed by atoms with Gasteiger partial charge in [0, 0.05) is 5.56 Å². The van der Waals surface area contributed by atoms with Crippen molar-refractivity contribution in [3.63, 3.8) is 0 Å². The Bertz CT molecular complexity index is 523. The molecule has 16 heavy (non-hydrogen) atoms. The Labute approximate surface area is 97.5 Å². The number of carbonyl (C=O) groups excluding carboxylic acids is 1. The summed E-state index contributed by atoms with van der Waals surface area (Å²) in [6.07, 6.45) is 0. The van der Waals surface area contributed by atoms with E-state index in [4.69, 9.17) is 11.6 Å². The Morgan fingerprint density at radius 2 is 1.69 bits per heavy atom. The largest absolute Gasteiger partial charge is 0.276 e. The first-order chi connectivity index (χ1) is 7.66. The minimum Gasteiger partial charge on any atom is -0.276 e. The lowest BCUT2D eigenvalue weighted by molar-refractivity contribution is 0.108. The molecule has 0 N–H and O–H groups in total. The van der Waals surface area contributed by atoms with Crippen molar-refractivity contribution < 1.29 is 9.18 Å². The Morgan fingerprint density at radius 1 is 1.00 bits per heavy atom. The number of halogens is 2. The summed E-state index contributed by atoms with van der Waals surface area (Å²) in [7, 11) is 0. The molecular formula is C13H8ClFO. The van der Waals surface area contributed by atoms with Gasteiger partial charge in [0.1, 0.15) is 5.82 Å². The van der Waals surface area contributed by atoms with Gasteiger partial charge in [-0.3, -0.25) is 4.79 Å². The quantitative estimate of drug-likeness (QED) is 0.721. The Morgan fingerprint density at radius 3 is 2.31 bits per heavy atom. The average molecular weight is 235 g/mol. The van der Waals surface area contributed by atoms with E-state index in [9.17, 15) is 9.18 Å². The maximum atomic E-state index is 13.3. The molecule has 0 aliphatic heterocycles. The second kappa shape index (κ2) is 4.45. The smallest absolute Gasteiger partial charge is 0.252 e. The van der Waals surface area contributed by atoms with E-state index < -0.39 is 11.1 Å². The van der Waals surface area contributed by atoms with Crippen LogP contribution in [0.5, 0.6) is 0 Å². The lowest BCUT2D eigenvalue weighted by Gasteiger charge is -2.03. The molecule has 0 fully saturated rings. The number of hydrogen-bond donors (Lipinski definition) is 0. The Hall–Kier alpha value is -1.67. The van der Waals surface area contributed by atoms with Crippen LogP contribution in [0.4, 0.5) is 4.39 Å². The van der Waals surface area contributed by atoms with Crippen LogP contribution in [-0.2, 0) is 0 Å². The Kier molecular flexibility index (Phi) is 3.02. The first-order valence-corrected chi connectivity index (χ1v) is 5.10. The molecule has 0 unspecified atom stereocenters. The summed E-state index contributed by atoms with van der Waals surface area (Å²) in [5, 5.41) is -0.656. The van der Waals surface area contributed by atoms with Gasteiger partial charge in [0.15, 0.2) is 0 Å². The lowest BCUT2D eigenvalue weighted by atomic mass is 10.0.